The highest BCUT2D eigenvalue weighted by Gasteiger charge is 2.23. The molecule has 0 amide bonds. The molecule has 1 aromatic heterocycles. The molecule has 1 aromatic carbocycles. The predicted molar refractivity (Wildman–Crippen MR) is 99.8 cm³/mol. The van der Waals surface area contributed by atoms with Crippen LogP contribution in [-0.2, 0) is 0 Å². The van der Waals surface area contributed by atoms with Crippen molar-refractivity contribution in [1.82, 2.24) is 0 Å². The first-order chi connectivity index (χ1) is 12.2. The Morgan fingerprint density at radius 3 is 2.65 bits per heavy atom. The van der Waals surface area contributed by atoms with E-state index >= 15 is 0 Å². The van der Waals surface area contributed by atoms with Crippen molar-refractivity contribution < 1.29 is 24.1 Å². The zero-order chi connectivity index (χ0) is 19.3. The number of methoxy groups -OCH3 is 1. The number of fused-ring (bicyclic) bond motifs is 1. The van der Waals surface area contributed by atoms with Crippen LogP contribution in [0.5, 0.6) is 11.5 Å². The molecule has 0 aliphatic heterocycles. The summed E-state index contributed by atoms with van der Waals surface area (Å²) >= 11 is 0. The van der Waals surface area contributed by atoms with Gasteiger partial charge >= 0.3 is 5.63 Å². The third-order valence-corrected chi connectivity index (χ3v) is 4.21. The van der Waals surface area contributed by atoms with Crippen LogP contribution >= 0.6 is 0 Å². The molecule has 0 radical (unpaired) electrons. The molecule has 2 N–H and O–H groups in total. The Hall–Kier alpha value is -2.31. The van der Waals surface area contributed by atoms with Gasteiger partial charge < -0.3 is 24.1 Å². The van der Waals surface area contributed by atoms with Crippen LogP contribution in [-0.4, -0.2) is 35.6 Å². The molecule has 142 valence electrons. The zero-order valence-electron chi connectivity index (χ0n) is 15.6. The van der Waals surface area contributed by atoms with E-state index in [9.17, 15) is 15.0 Å². The molecule has 6 heteroatoms. The van der Waals surface area contributed by atoms with Gasteiger partial charge in [-0.05, 0) is 57.9 Å². The van der Waals surface area contributed by atoms with Gasteiger partial charge in [0.15, 0.2) is 11.3 Å². The smallest absolute Gasteiger partial charge is 0.336 e. The minimum atomic E-state index is -1.11. The topological polar surface area (TPSA) is 89.1 Å². The predicted octanol–water partition coefficient (Wildman–Crippen LogP) is 3.04. The molecule has 0 spiro atoms. The van der Waals surface area contributed by atoms with Gasteiger partial charge in [-0.3, -0.25) is 0 Å². The molecule has 1 heterocycles. The summed E-state index contributed by atoms with van der Waals surface area (Å²) in [5.74, 6) is 0.860. The van der Waals surface area contributed by atoms with E-state index in [1.54, 1.807) is 32.0 Å². The van der Waals surface area contributed by atoms with E-state index in [0.29, 0.717) is 36.5 Å². The minimum absolute atomic E-state index is 0.309. The lowest BCUT2D eigenvalue weighted by Crippen LogP contribution is -2.35. The molecule has 0 saturated heterocycles. The molecule has 0 fully saturated rings. The second kappa shape index (κ2) is 8.38. The van der Waals surface area contributed by atoms with E-state index in [4.69, 9.17) is 13.9 Å². The third kappa shape index (κ3) is 5.09. The van der Waals surface area contributed by atoms with Gasteiger partial charge in [0.1, 0.15) is 6.61 Å². The average molecular weight is 362 g/mol. The van der Waals surface area contributed by atoms with Crippen molar-refractivity contribution in [3.63, 3.8) is 0 Å². The Bertz CT molecular complexity index is 828. The molecule has 2 aromatic rings. The Morgan fingerprint density at radius 1 is 1.31 bits per heavy atom. The van der Waals surface area contributed by atoms with Gasteiger partial charge in [0, 0.05) is 11.5 Å². The normalized spacial score (nSPS) is 13.7. The summed E-state index contributed by atoms with van der Waals surface area (Å²) in [6, 6.07) is 6.59. The lowest BCUT2D eigenvalue weighted by Gasteiger charge is -2.24. The molecule has 26 heavy (non-hydrogen) atoms. The quantitative estimate of drug-likeness (QED) is 0.554. The fourth-order valence-corrected chi connectivity index (χ4v) is 2.49. The van der Waals surface area contributed by atoms with Crippen molar-refractivity contribution in [2.75, 3.05) is 13.7 Å². The van der Waals surface area contributed by atoms with E-state index in [1.807, 2.05) is 13.0 Å². The van der Waals surface area contributed by atoms with Crippen molar-refractivity contribution in [2.24, 2.45) is 0 Å². The van der Waals surface area contributed by atoms with E-state index in [0.717, 1.165) is 11.0 Å². The van der Waals surface area contributed by atoms with Crippen molar-refractivity contribution in [3.8, 4) is 11.5 Å². The molecule has 0 saturated carbocycles. The summed E-state index contributed by atoms with van der Waals surface area (Å²) in [6.45, 7) is 5.43. The Morgan fingerprint density at radius 2 is 2.00 bits per heavy atom. The average Bonchev–Trinajstić information content (AvgIpc) is 2.58. The van der Waals surface area contributed by atoms with Gasteiger partial charge in [0.2, 0.25) is 5.75 Å². The molecule has 0 bridgehead atoms. The highest BCUT2D eigenvalue weighted by Crippen LogP contribution is 2.34. The molecule has 6 nitrogen and oxygen atoms in total. The third-order valence-electron chi connectivity index (χ3n) is 4.21. The molecular weight excluding hydrogens is 336 g/mol. The number of aliphatic hydroxyl groups excluding tert-OH is 1. The maximum absolute atomic E-state index is 11.5. The summed E-state index contributed by atoms with van der Waals surface area (Å²) in [4.78, 5) is 11.5. The van der Waals surface area contributed by atoms with Crippen LogP contribution in [0.15, 0.2) is 45.1 Å². The Kier molecular flexibility index (Phi) is 6.45. The lowest BCUT2D eigenvalue weighted by atomic mass is 9.96. The molecule has 1 unspecified atom stereocenters. The summed E-state index contributed by atoms with van der Waals surface area (Å²) in [6.07, 6.45) is 2.24. The maximum Gasteiger partial charge on any atom is 0.336 e. The van der Waals surface area contributed by atoms with Crippen molar-refractivity contribution >= 4 is 11.0 Å². The number of hydrogen-bond donors (Lipinski definition) is 2. The van der Waals surface area contributed by atoms with Crippen LogP contribution in [0.25, 0.3) is 11.0 Å². The molecule has 0 aliphatic carbocycles. The molecular formula is C20H26O6. The first-order valence-corrected chi connectivity index (χ1v) is 8.52. The van der Waals surface area contributed by atoms with Gasteiger partial charge in [0.25, 0.3) is 0 Å². The van der Waals surface area contributed by atoms with Crippen LogP contribution in [0.2, 0.25) is 0 Å². The summed E-state index contributed by atoms with van der Waals surface area (Å²) < 4.78 is 16.3. The fourth-order valence-electron chi connectivity index (χ4n) is 2.49. The Balaban J connectivity index is 2.04. The van der Waals surface area contributed by atoms with Gasteiger partial charge in [-0.1, -0.05) is 5.57 Å². The summed E-state index contributed by atoms with van der Waals surface area (Å²) in [7, 11) is 1.49. The summed E-state index contributed by atoms with van der Waals surface area (Å²) in [5, 5.41) is 20.4. The molecule has 1 atom stereocenters. The first-order valence-electron chi connectivity index (χ1n) is 8.52. The van der Waals surface area contributed by atoms with Crippen molar-refractivity contribution in [2.45, 2.75) is 45.3 Å². The van der Waals surface area contributed by atoms with Gasteiger partial charge in [0.05, 0.1) is 18.8 Å². The number of aliphatic hydroxyl groups is 2. The standard InChI is InChI=1S/C20H26O6/c1-13(5-9-16(21)20(2,3)23)11-12-25-15-8-6-14-7-10-17(22)26-18(14)19(15)24-4/h6-8,10-11,16,21,23H,5,9,12H2,1-4H3/b13-11+. The van der Waals surface area contributed by atoms with Crippen LogP contribution < -0.4 is 15.1 Å². The second-order valence-corrected chi connectivity index (χ2v) is 6.84. The first kappa shape index (κ1) is 20.0. The summed E-state index contributed by atoms with van der Waals surface area (Å²) in [5.41, 5.74) is -0.167. The monoisotopic (exact) mass is 362 g/mol. The largest absolute Gasteiger partial charge is 0.490 e. The van der Waals surface area contributed by atoms with E-state index in [1.165, 1.54) is 13.2 Å². The van der Waals surface area contributed by atoms with Gasteiger partial charge in [-0.25, -0.2) is 4.79 Å². The molecule has 2 rings (SSSR count). The van der Waals surface area contributed by atoms with Crippen LogP contribution in [0.3, 0.4) is 0 Å². The number of ether oxygens (including phenoxy) is 2. The minimum Gasteiger partial charge on any atom is -0.490 e. The van der Waals surface area contributed by atoms with Gasteiger partial charge in [-0.15, -0.1) is 0 Å². The van der Waals surface area contributed by atoms with Crippen LogP contribution in [0, 0.1) is 0 Å². The SMILES string of the molecule is COc1c(OC/C=C(\C)CCC(O)C(C)(C)O)ccc2ccc(=O)oc12. The number of hydrogen-bond acceptors (Lipinski definition) is 6. The van der Waals surface area contributed by atoms with Crippen LogP contribution in [0.4, 0.5) is 0 Å². The number of allylic oxidation sites excluding steroid dienone is 1. The highest BCUT2D eigenvalue weighted by atomic mass is 16.5. The maximum atomic E-state index is 11.5. The van der Waals surface area contributed by atoms with Crippen LogP contribution in [0.1, 0.15) is 33.6 Å². The Labute approximate surface area is 152 Å². The fraction of sp³-hybridized carbons (Fsp3) is 0.450. The van der Waals surface area contributed by atoms with Crippen molar-refractivity contribution in [3.05, 3.63) is 46.3 Å². The van der Waals surface area contributed by atoms with E-state index < -0.39 is 17.3 Å². The number of rotatable bonds is 8. The van der Waals surface area contributed by atoms with E-state index in [2.05, 4.69) is 0 Å². The highest BCUT2D eigenvalue weighted by molar-refractivity contribution is 5.85. The zero-order valence-corrected chi connectivity index (χ0v) is 15.6. The van der Waals surface area contributed by atoms with Gasteiger partial charge in [-0.2, -0.15) is 0 Å². The number of benzene rings is 1. The molecule has 0 aliphatic rings. The van der Waals surface area contributed by atoms with E-state index in [-0.39, 0.29) is 0 Å². The lowest BCUT2D eigenvalue weighted by molar-refractivity contribution is -0.0509. The van der Waals surface area contributed by atoms with Crippen molar-refractivity contribution in [1.29, 1.82) is 0 Å². The second-order valence-electron chi connectivity index (χ2n) is 6.84.